The van der Waals surface area contributed by atoms with E-state index in [4.69, 9.17) is 9.40 Å². The van der Waals surface area contributed by atoms with Crippen LogP contribution in [-0.4, -0.2) is 9.55 Å². The minimum absolute atomic E-state index is 0.260. The molecule has 0 N–H and O–H groups in total. The summed E-state index contributed by atoms with van der Waals surface area (Å²) in [6, 6.07) is 56.8. The summed E-state index contributed by atoms with van der Waals surface area (Å²) in [5.74, 6) is 1.41. The number of hydrogen-bond donors (Lipinski definition) is 0. The molecule has 0 bridgehead atoms. The van der Waals surface area contributed by atoms with E-state index in [9.17, 15) is 0 Å². The molecule has 2 heterocycles. The number of rotatable bonds is 6. The molecule has 8 aromatic carbocycles. The first-order chi connectivity index (χ1) is 26.4. The van der Waals surface area contributed by atoms with Gasteiger partial charge in [0.2, 0.25) is 0 Å². The van der Waals surface area contributed by atoms with Crippen molar-refractivity contribution in [1.82, 2.24) is 9.55 Å². The lowest BCUT2D eigenvalue weighted by Gasteiger charge is -2.24. The Morgan fingerprint density at radius 1 is 0.463 bits per heavy atom. The van der Waals surface area contributed by atoms with Gasteiger partial charge < -0.3 is 4.42 Å². The van der Waals surface area contributed by atoms with Gasteiger partial charge in [-0.3, -0.25) is 4.57 Å². The number of para-hydroxylation sites is 1. The Balaban J connectivity index is 1.29. The van der Waals surface area contributed by atoms with E-state index in [0.717, 1.165) is 55.1 Å². The average Bonchev–Trinajstić information content (AvgIpc) is 3.80. The van der Waals surface area contributed by atoms with Gasteiger partial charge in [0.25, 0.3) is 0 Å². The molecule has 0 aliphatic rings. The number of nitrogens with zero attached hydrogens (tertiary/aromatic N) is 2. The number of aromatic nitrogens is 2. The van der Waals surface area contributed by atoms with Crippen molar-refractivity contribution in [2.24, 2.45) is 0 Å². The van der Waals surface area contributed by atoms with E-state index >= 15 is 0 Å². The summed E-state index contributed by atoms with van der Waals surface area (Å²) in [5.41, 5.74) is 13.5. The lowest BCUT2D eigenvalue weighted by molar-refractivity contribution is 0.673. The molecule has 0 aliphatic carbocycles. The Bertz CT molecular complexity index is 3010. The van der Waals surface area contributed by atoms with Crippen molar-refractivity contribution in [1.29, 1.82) is 0 Å². The van der Waals surface area contributed by atoms with Crippen molar-refractivity contribution < 1.29 is 4.42 Å². The summed E-state index contributed by atoms with van der Waals surface area (Å²) in [5, 5.41) is 6.84. The van der Waals surface area contributed by atoms with Gasteiger partial charge in [-0.1, -0.05) is 143 Å². The molecule has 0 unspecified atom stereocenters. The maximum Gasteiger partial charge on any atom is 0.149 e. The third kappa shape index (κ3) is 5.07. The first-order valence-corrected chi connectivity index (χ1v) is 19.0. The van der Waals surface area contributed by atoms with Crippen molar-refractivity contribution >= 4 is 54.5 Å². The van der Waals surface area contributed by atoms with Crippen molar-refractivity contribution in [3.05, 3.63) is 169 Å². The van der Waals surface area contributed by atoms with Crippen LogP contribution in [0.5, 0.6) is 0 Å². The first-order valence-electron chi connectivity index (χ1n) is 19.0. The van der Waals surface area contributed by atoms with Crippen molar-refractivity contribution in [2.75, 3.05) is 0 Å². The Labute approximate surface area is 315 Å². The molecule has 54 heavy (non-hydrogen) atoms. The van der Waals surface area contributed by atoms with Crippen LogP contribution in [0, 0.1) is 0 Å². The highest BCUT2D eigenvalue weighted by Gasteiger charge is 2.26. The number of furan rings is 1. The zero-order chi connectivity index (χ0) is 36.5. The SMILES string of the molecule is CC(C)c1cc(-c2ccccc2)cc(C(C)C)c1-n1c(-c2cccc3c2oc2c4ccc(-c5ccccc5)cc4ccc32)nc2ccc3ccccc3c21. The van der Waals surface area contributed by atoms with Gasteiger partial charge in [0.05, 0.1) is 22.3 Å². The Morgan fingerprint density at radius 3 is 1.80 bits per heavy atom. The monoisotopic (exact) mass is 696 g/mol. The molecule has 0 spiro atoms. The molecular formula is C51H40N2O. The second-order valence-corrected chi connectivity index (χ2v) is 15.1. The third-order valence-corrected chi connectivity index (χ3v) is 11.1. The second-order valence-electron chi connectivity index (χ2n) is 15.1. The zero-order valence-corrected chi connectivity index (χ0v) is 31.0. The predicted octanol–water partition coefficient (Wildman–Crippen LogP) is 14.5. The summed E-state index contributed by atoms with van der Waals surface area (Å²) in [6.07, 6.45) is 0. The summed E-state index contributed by atoms with van der Waals surface area (Å²) in [7, 11) is 0. The van der Waals surface area contributed by atoms with Gasteiger partial charge in [-0.15, -0.1) is 0 Å². The van der Waals surface area contributed by atoms with Gasteiger partial charge >= 0.3 is 0 Å². The summed E-state index contributed by atoms with van der Waals surface area (Å²) in [4.78, 5) is 5.52. The van der Waals surface area contributed by atoms with Crippen molar-refractivity contribution in [2.45, 2.75) is 39.5 Å². The van der Waals surface area contributed by atoms with Crippen LogP contribution in [-0.2, 0) is 0 Å². The van der Waals surface area contributed by atoms with Crippen LogP contribution >= 0.6 is 0 Å². The fourth-order valence-corrected chi connectivity index (χ4v) is 8.42. The third-order valence-electron chi connectivity index (χ3n) is 11.1. The van der Waals surface area contributed by atoms with Crippen LogP contribution in [0.15, 0.2) is 162 Å². The molecule has 0 saturated heterocycles. The molecule has 0 saturated carbocycles. The van der Waals surface area contributed by atoms with Crippen molar-refractivity contribution in [3.63, 3.8) is 0 Å². The van der Waals surface area contributed by atoms with Gasteiger partial charge in [0.1, 0.15) is 17.0 Å². The molecule has 0 amide bonds. The first kappa shape index (κ1) is 32.2. The molecule has 0 radical (unpaired) electrons. The van der Waals surface area contributed by atoms with Gasteiger partial charge in [-0.25, -0.2) is 4.98 Å². The maximum atomic E-state index is 7.05. The Hall–Kier alpha value is -6.45. The largest absolute Gasteiger partial charge is 0.455 e. The number of benzene rings is 8. The molecule has 0 aliphatic heterocycles. The van der Waals surface area contributed by atoms with Crippen LogP contribution in [0.1, 0.15) is 50.7 Å². The molecule has 3 nitrogen and oxygen atoms in total. The highest BCUT2D eigenvalue weighted by Crippen LogP contribution is 2.45. The van der Waals surface area contributed by atoms with Gasteiger partial charge in [0, 0.05) is 21.5 Å². The second kappa shape index (κ2) is 12.6. The topological polar surface area (TPSA) is 31.0 Å². The normalized spacial score (nSPS) is 12.0. The van der Waals surface area contributed by atoms with E-state index in [1.807, 2.05) is 0 Å². The molecule has 10 aromatic rings. The molecule has 0 fully saturated rings. The lowest BCUT2D eigenvalue weighted by Crippen LogP contribution is -2.09. The zero-order valence-electron chi connectivity index (χ0n) is 31.0. The highest BCUT2D eigenvalue weighted by atomic mass is 16.3. The quantitative estimate of drug-likeness (QED) is 0.173. The summed E-state index contributed by atoms with van der Waals surface area (Å²) in [6.45, 7) is 9.23. The molecule has 2 aromatic heterocycles. The number of imidazole rings is 1. The summed E-state index contributed by atoms with van der Waals surface area (Å²) >= 11 is 0. The van der Waals surface area contributed by atoms with E-state index in [1.54, 1.807) is 0 Å². The van der Waals surface area contributed by atoms with Crippen LogP contribution in [0.3, 0.4) is 0 Å². The molecular weight excluding hydrogens is 657 g/mol. The maximum absolute atomic E-state index is 7.05. The van der Waals surface area contributed by atoms with Gasteiger partial charge in [0.15, 0.2) is 0 Å². The lowest BCUT2D eigenvalue weighted by atomic mass is 9.88. The van der Waals surface area contributed by atoms with E-state index in [1.165, 1.54) is 49.8 Å². The van der Waals surface area contributed by atoms with Crippen molar-refractivity contribution in [3.8, 4) is 39.3 Å². The highest BCUT2D eigenvalue weighted by molar-refractivity contribution is 6.18. The number of hydrogen-bond acceptors (Lipinski definition) is 2. The van der Waals surface area contributed by atoms with E-state index in [2.05, 4.69) is 190 Å². The van der Waals surface area contributed by atoms with E-state index in [0.29, 0.717) is 0 Å². The Kier molecular flexibility index (Phi) is 7.52. The summed E-state index contributed by atoms with van der Waals surface area (Å²) < 4.78 is 9.51. The number of fused-ring (bicyclic) bond motifs is 8. The molecule has 10 rings (SSSR count). The molecule has 260 valence electrons. The van der Waals surface area contributed by atoms with Crippen LogP contribution in [0.4, 0.5) is 0 Å². The van der Waals surface area contributed by atoms with Gasteiger partial charge in [-0.2, -0.15) is 0 Å². The van der Waals surface area contributed by atoms with E-state index in [-0.39, 0.29) is 11.8 Å². The molecule has 3 heteroatoms. The predicted molar refractivity (Wildman–Crippen MR) is 228 cm³/mol. The smallest absolute Gasteiger partial charge is 0.149 e. The van der Waals surface area contributed by atoms with Crippen LogP contribution in [0.2, 0.25) is 0 Å². The fourth-order valence-electron chi connectivity index (χ4n) is 8.42. The molecule has 0 atom stereocenters. The van der Waals surface area contributed by atoms with Gasteiger partial charge in [-0.05, 0) is 98.5 Å². The Morgan fingerprint density at radius 2 is 1.07 bits per heavy atom. The minimum Gasteiger partial charge on any atom is -0.455 e. The fraction of sp³-hybridized carbons (Fsp3) is 0.118. The van der Waals surface area contributed by atoms with E-state index < -0.39 is 0 Å². The van der Waals surface area contributed by atoms with Crippen LogP contribution < -0.4 is 0 Å². The standard InChI is InChI=1S/C51H40N2O/c1-31(2)44-29-38(34-16-9-6-10-17-34)30-45(32(3)4)47(44)53-48-39-19-12-11-18-35(39)24-27-46(48)52-51(53)43-21-13-20-41-42-26-23-37-28-36(33-14-7-5-8-15-33)22-25-40(37)49(42)54-50(41)43/h5-32H,1-4H3. The minimum atomic E-state index is 0.260. The average molecular weight is 697 g/mol. The van der Waals surface area contributed by atoms with Crippen LogP contribution in [0.25, 0.3) is 93.8 Å².